The van der Waals surface area contributed by atoms with E-state index in [4.69, 9.17) is 0 Å². The lowest BCUT2D eigenvalue weighted by Crippen LogP contribution is -2.30. The van der Waals surface area contributed by atoms with Gasteiger partial charge in [0.15, 0.2) is 0 Å². The van der Waals surface area contributed by atoms with Crippen LogP contribution < -0.4 is 5.32 Å². The molecule has 3 heteroatoms. The molecule has 0 aromatic rings. The van der Waals surface area contributed by atoms with Crippen LogP contribution in [-0.4, -0.2) is 37.0 Å². The summed E-state index contributed by atoms with van der Waals surface area (Å²) in [7, 11) is 1.90. The van der Waals surface area contributed by atoms with Gasteiger partial charge in [0.1, 0.15) is 0 Å². The molecule has 1 fully saturated rings. The molecule has 3 nitrogen and oxygen atoms in total. The molecule has 0 aromatic heterocycles. The van der Waals surface area contributed by atoms with Crippen molar-refractivity contribution in [3.8, 4) is 0 Å². The Morgan fingerprint density at radius 2 is 2.50 bits per heavy atom. The Morgan fingerprint density at radius 1 is 1.80 bits per heavy atom. The summed E-state index contributed by atoms with van der Waals surface area (Å²) in [6.45, 7) is 3.73. The number of rotatable bonds is 2. The average molecular weight is 142 g/mol. The molecule has 1 unspecified atom stereocenters. The van der Waals surface area contributed by atoms with E-state index in [0.717, 1.165) is 13.1 Å². The van der Waals surface area contributed by atoms with Crippen LogP contribution >= 0.6 is 0 Å². The van der Waals surface area contributed by atoms with Gasteiger partial charge in [-0.05, 0) is 14.0 Å². The van der Waals surface area contributed by atoms with Gasteiger partial charge in [0, 0.05) is 25.6 Å². The zero-order valence-corrected chi connectivity index (χ0v) is 6.55. The maximum atomic E-state index is 11.1. The maximum absolute atomic E-state index is 11.1. The van der Waals surface area contributed by atoms with Crippen LogP contribution in [0.1, 0.15) is 13.3 Å². The van der Waals surface area contributed by atoms with E-state index in [-0.39, 0.29) is 5.91 Å². The van der Waals surface area contributed by atoms with Crippen LogP contribution in [0, 0.1) is 0 Å². The van der Waals surface area contributed by atoms with E-state index >= 15 is 0 Å². The van der Waals surface area contributed by atoms with Gasteiger partial charge < -0.3 is 10.2 Å². The Hall–Kier alpha value is -0.570. The predicted molar refractivity (Wildman–Crippen MR) is 39.7 cm³/mol. The topological polar surface area (TPSA) is 32.3 Å². The van der Waals surface area contributed by atoms with Gasteiger partial charge in [0.2, 0.25) is 5.91 Å². The van der Waals surface area contributed by atoms with Crippen LogP contribution in [0.3, 0.4) is 0 Å². The number of hydrogen-bond acceptors (Lipinski definition) is 2. The molecule has 10 heavy (non-hydrogen) atoms. The summed E-state index contributed by atoms with van der Waals surface area (Å²) in [4.78, 5) is 12.9. The van der Waals surface area contributed by atoms with Crippen LogP contribution in [0.15, 0.2) is 0 Å². The highest BCUT2D eigenvalue weighted by atomic mass is 16.2. The molecule has 1 rings (SSSR count). The lowest BCUT2D eigenvalue weighted by molar-refractivity contribution is -0.127. The molecule has 0 bridgehead atoms. The zero-order chi connectivity index (χ0) is 7.56. The quantitative estimate of drug-likeness (QED) is 0.580. The number of nitrogens with one attached hydrogen (secondary N) is 1. The van der Waals surface area contributed by atoms with Gasteiger partial charge in [-0.2, -0.15) is 0 Å². The van der Waals surface area contributed by atoms with Crippen molar-refractivity contribution in [3.05, 3.63) is 0 Å². The Kier molecular flexibility index (Phi) is 2.27. The van der Waals surface area contributed by atoms with Crippen molar-refractivity contribution < 1.29 is 4.79 Å². The molecule has 1 N–H and O–H groups in total. The number of amides is 1. The summed E-state index contributed by atoms with van der Waals surface area (Å²) < 4.78 is 0. The number of hydrogen-bond donors (Lipinski definition) is 1. The van der Waals surface area contributed by atoms with Gasteiger partial charge in [-0.25, -0.2) is 0 Å². The SMILES string of the molecule is CCN1CC(NC)CC1=O. The lowest BCUT2D eigenvalue weighted by atomic mass is 10.3. The van der Waals surface area contributed by atoms with Crippen molar-refractivity contribution >= 4 is 5.91 Å². The minimum absolute atomic E-state index is 0.279. The highest BCUT2D eigenvalue weighted by Crippen LogP contribution is 2.08. The third-order valence-electron chi connectivity index (χ3n) is 2.00. The minimum atomic E-state index is 0.279. The molecule has 1 aliphatic rings. The molecule has 0 aliphatic carbocycles. The van der Waals surface area contributed by atoms with Gasteiger partial charge >= 0.3 is 0 Å². The summed E-state index contributed by atoms with van der Waals surface area (Å²) in [5.74, 6) is 0.279. The first-order chi connectivity index (χ1) is 4.77. The molecular weight excluding hydrogens is 128 g/mol. The molecule has 1 heterocycles. The summed E-state index contributed by atoms with van der Waals surface area (Å²) in [6, 6.07) is 0.382. The van der Waals surface area contributed by atoms with Crippen molar-refractivity contribution in [2.75, 3.05) is 20.1 Å². The summed E-state index contributed by atoms with van der Waals surface area (Å²) in [5.41, 5.74) is 0. The Morgan fingerprint density at radius 3 is 2.80 bits per heavy atom. The van der Waals surface area contributed by atoms with Gasteiger partial charge in [-0.1, -0.05) is 0 Å². The second-order valence-corrected chi connectivity index (χ2v) is 2.62. The van der Waals surface area contributed by atoms with Crippen molar-refractivity contribution in [2.45, 2.75) is 19.4 Å². The third-order valence-corrected chi connectivity index (χ3v) is 2.00. The van der Waals surface area contributed by atoms with Crippen molar-refractivity contribution in [3.63, 3.8) is 0 Å². The Bertz CT molecular complexity index is 136. The fourth-order valence-electron chi connectivity index (χ4n) is 1.27. The smallest absolute Gasteiger partial charge is 0.224 e. The summed E-state index contributed by atoms with van der Waals surface area (Å²) >= 11 is 0. The van der Waals surface area contributed by atoms with Crippen LogP contribution in [0.25, 0.3) is 0 Å². The molecule has 1 amide bonds. The molecule has 0 saturated carbocycles. The predicted octanol–water partition coefficient (Wildman–Crippen LogP) is -0.173. The van der Waals surface area contributed by atoms with E-state index < -0.39 is 0 Å². The molecule has 1 atom stereocenters. The molecule has 1 aliphatic heterocycles. The maximum Gasteiger partial charge on any atom is 0.224 e. The van der Waals surface area contributed by atoms with Crippen LogP contribution in [0.2, 0.25) is 0 Å². The fraction of sp³-hybridized carbons (Fsp3) is 0.857. The molecule has 0 spiro atoms. The molecule has 1 saturated heterocycles. The number of nitrogens with zero attached hydrogens (tertiary/aromatic N) is 1. The zero-order valence-electron chi connectivity index (χ0n) is 6.55. The minimum Gasteiger partial charge on any atom is -0.341 e. The first-order valence-electron chi connectivity index (χ1n) is 3.73. The molecular formula is C7H14N2O. The van der Waals surface area contributed by atoms with E-state index in [9.17, 15) is 4.79 Å². The molecule has 0 aromatic carbocycles. The average Bonchev–Trinajstić information content (AvgIpc) is 2.30. The van der Waals surface area contributed by atoms with E-state index in [2.05, 4.69) is 5.32 Å². The van der Waals surface area contributed by atoms with Crippen molar-refractivity contribution in [1.82, 2.24) is 10.2 Å². The first kappa shape index (κ1) is 7.54. The van der Waals surface area contributed by atoms with E-state index in [1.54, 1.807) is 0 Å². The summed E-state index contributed by atoms with van der Waals surface area (Å²) in [5, 5.41) is 3.10. The largest absolute Gasteiger partial charge is 0.341 e. The fourth-order valence-corrected chi connectivity index (χ4v) is 1.27. The monoisotopic (exact) mass is 142 g/mol. The number of carbonyl (C=O) groups is 1. The Labute approximate surface area is 61.4 Å². The van der Waals surface area contributed by atoms with Gasteiger partial charge in [0.05, 0.1) is 0 Å². The van der Waals surface area contributed by atoms with E-state index in [0.29, 0.717) is 12.5 Å². The van der Waals surface area contributed by atoms with Crippen LogP contribution in [-0.2, 0) is 4.79 Å². The second kappa shape index (κ2) is 3.01. The standard InChI is InChI=1S/C7H14N2O/c1-3-9-5-6(8-2)4-7(9)10/h6,8H,3-5H2,1-2H3. The highest BCUT2D eigenvalue weighted by molar-refractivity contribution is 5.79. The third kappa shape index (κ3) is 1.29. The molecule has 0 radical (unpaired) electrons. The van der Waals surface area contributed by atoms with Crippen molar-refractivity contribution in [1.29, 1.82) is 0 Å². The van der Waals surface area contributed by atoms with Gasteiger partial charge in [-0.15, -0.1) is 0 Å². The first-order valence-corrected chi connectivity index (χ1v) is 3.73. The van der Waals surface area contributed by atoms with Gasteiger partial charge in [-0.3, -0.25) is 4.79 Å². The normalized spacial score (nSPS) is 26.0. The number of carbonyl (C=O) groups excluding carboxylic acids is 1. The van der Waals surface area contributed by atoms with E-state index in [1.165, 1.54) is 0 Å². The highest BCUT2D eigenvalue weighted by Gasteiger charge is 2.26. The van der Waals surface area contributed by atoms with Crippen LogP contribution in [0.5, 0.6) is 0 Å². The summed E-state index contributed by atoms with van der Waals surface area (Å²) in [6.07, 6.45) is 0.671. The van der Waals surface area contributed by atoms with Gasteiger partial charge in [0.25, 0.3) is 0 Å². The van der Waals surface area contributed by atoms with Crippen LogP contribution in [0.4, 0.5) is 0 Å². The Balaban J connectivity index is 2.44. The lowest BCUT2D eigenvalue weighted by Gasteiger charge is -2.12. The molecule has 58 valence electrons. The number of likely N-dealkylation sites (N-methyl/N-ethyl adjacent to an activating group) is 2. The van der Waals surface area contributed by atoms with Crippen molar-refractivity contribution in [2.24, 2.45) is 0 Å². The van der Waals surface area contributed by atoms with E-state index in [1.807, 2.05) is 18.9 Å². The number of likely N-dealkylation sites (tertiary alicyclic amines) is 1. The second-order valence-electron chi connectivity index (χ2n) is 2.62.